The number of fused-ring (bicyclic) bond motifs is 1. The van der Waals surface area contributed by atoms with Gasteiger partial charge in [0, 0.05) is 12.2 Å². The number of ether oxygens (including phenoxy) is 1. The maximum Gasteiger partial charge on any atom is 0.271 e. The Kier molecular flexibility index (Phi) is 3.32. The molecule has 0 saturated heterocycles. The van der Waals surface area contributed by atoms with Crippen molar-refractivity contribution in [2.45, 2.75) is 51.0 Å². The van der Waals surface area contributed by atoms with E-state index in [1.807, 2.05) is 23.1 Å². The van der Waals surface area contributed by atoms with Crippen LogP contribution in [0.25, 0.3) is 0 Å². The van der Waals surface area contributed by atoms with Gasteiger partial charge in [0.2, 0.25) is 0 Å². The standard InChI is InChI=1S/C16H22N2O2/c1-2-10-18-13-11-12(17)6-7-14(13)20-16(15(18)19)8-4-3-5-9-16/h6-7,11H,2-5,8-10,17H2,1H3. The number of carbonyl (C=O) groups is 1. The third-order valence-electron chi connectivity index (χ3n) is 4.32. The highest BCUT2D eigenvalue weighted by molar-refractivity contribution is 6.03. The van der Waals surface area contributed by atoms with Crippen molar-refractivity contribution >= 4 is 17.3 Å². The minimum atomic E-state index is -0.628. The Bertz CT molecular complexity index is 521. The lowest BCUT2D eigenvalue weighted by Crippen LogP contribution is -2.57. The first-order chi connectivity index (χ1) is 9.66. The molecule has 1 aliphatic heterocycles. The van der Waals surface area contributed by atoms with Gasteiger partial charge in [0.15, 0.2) is 5.60 Å². The van der Waals surface area contributed by atoms with Gasteiger partial charge >= 0.3 is 0 Å². The van der Waals surface area contributed by atoms with E-state index in [4.69, 9.17) is 10.5 Å². The minimum Gasteiger partial charge on any atom is -0.475 e. The molecule has 20 heavy (non-hydrogen) atoms. The zero-order chi connectivity index (χ0) is 14.2. The van der Waals surface area contributed by atoms with Crippen LogP contribution < -0.4 is 15.4 Å². The van der Waals surface area contributed by atoms with Gasteiger partial charge in [-0.1, -0.05) is 13.3 Å². The molecule has 1 spiro atoms. The number of anilines is 2. The second kappa shape index (κ2) is 5.00. The smallest absolute Gasteiger partial charge is 0.271 e. The summed E-state index contributed by atoms with van der Waals surface area (Å²) in [5.74, 6) is 0.923. The van der Waals surface area contributed by atoms with Crippen molar-refractivity contribution in [3.05, 3.63) is 18.2 Å². The van der Waals surface area contributed by atoms with Crippen molar-refractivity contribution in [3.63, 3.8) is 0 Å². The summed E-state index contributed by atoms with van der Waals surface area (Å²) in [6.45, 7) is 2.81. The van der Waals surface area contributed by atoms with E-state index in [9.17, 15) is 4.79 Å². The highest BCUT2D eigenvalue weighted by atomic mass is 16.5. The Morgan fingerprint density at radius 3 is 2.75 bits per heavy atom. The van der Waals surface area contributed by atoms with E-state index in [2.05, 4.69) is 6.92 Å². The van der Waals surface area contributed by atoms with Gasteiger partial charge in [-0.15, -0.1) is 0 Å². The molecule has 4 nitrogen and oxygen atoms in total. The molecule has 4 heteroatoms. The monoisotopic (exact) mass is 274 g/mol. The molecule has 2 N–H and O–H groups in total. The summed E-state index contributed by atoms with van der Waals surface area (Å²) < 4.78 is 6.16. The summed E-state index contributed by atoms with van der Waals surface area (Å²) in [6.07, 6.45) is 5.91. The van der Waals surface area contributed by atoms with E-state index < -0.39 is 5.60 Å². The molecule has 1 aromatic rings. The fourth-order valence-corrected chi connectivity index (χ4v) is 3.33. The number of hydrogen-bond donors (Lipinski definition) is 1. The summed E-state index contributed by atoms with van der Waals surface area (Å²) in [6, 6.07) is 5.59. The van der Waals surface area contributed by atoms with E-state index in [1.54, 1.807) is 0 Å². The molecule has 3 rings (SSSR count). The molecule has 1 heterocycles. The Morgan fingerprint density at radius 2 is 2.05 bits per heavy atom. The molecule has 1 fully saturated rings. The summed E-state index contributed by atoms with van der Waals surface area (Å²) in [5, 5.41) is 0. The van der Waals surface area contributed by atoms with Crippen molar-refractivity contribution in [2.24, 2.45) is 0 Å². The Labute approximate surface area is 119 Å². The molecular weight excluding hydrogens is 252 g/mol. The largest absolute Gasteiger partial charge is 0.475 e. The Balaban J connectivity index is 2.04. The number of nitrogen functional groups attached to an aromatic ring is 1. The number of nitrogens with two attached hydrogens (primary N) is 1. The zero-order valence-electron chi connectivity index (χ0n) is 12.0. The number of amides is 1. The van der Waals surface area contributed by atoms with Crippen LogP contribution in [0.5, 0.6) is 5.75 Å². The average molecular weight is 274 g/mol. The number of rotatable bonds is 2. The average Bonchev–Trinajstić information content (AvgIpc) is 2.46. The number of nitrogens with zero attached hydrogens (tertiary/aromatic N) is 1. The maximum atomic E-state index is 12.9. The van der Waals surface area contributed by atoms with Crippen LogP contribution in [0.4, 0.5) is 11.4 Å². The van der Waals surface area contributed by atoms with Gasteiger partial charge in [-0.3, -0.25) is 4.79 Å². The molecular formula is C16H22N2O2. The van der Waals surface area contributed by atoms with E-state index in [-0.39, 0.29) is 5.91 Å². The highest BCUT2D eigenvalue weighted by Crippen LogP contribution is 2.44. The van der Waals surface area contributed by atoms with E-state index in [0.717, 1.165) is 50.1 Å². The van der Waals surface area contributed by atoms with Crippen LogP contribution in [0, 0.1) is 0 Å². The molecule has 108 valence electrons. The molecule has 0 aromatic heterocycles. The van der Waals surface area contributed by atoms with Crippen LogP contribution in [0.1, 0.15) is 45.4 Å². The van der Waals surface area contributed by atoms with Crippen LogP contribution in [-0.2, 0) is 4.79 Å². The zero-order valence-corrected chi connectivity index (χ0v) is 12.0. The quantitative estimate of drug-likeness (QED) is 0.843. The Morgan fingerprint density at radius 1 is 1.30 bits per heavy atom. The van der Waals surface area contributed by atoms with Crippen LogP contribution in [0.15, 0.2) is 18.2 Å². The van der Waals surface area contributed by atoms with Crippen LogP contribution in [0.3, 0.4) is 0 Å². The lowest BCUT2D eigenvalue weighted by molar-refractivity contribution is -0.138. The second-order valence-corrected chi connectivity index (χ2v) is 5.84. The molecule has 0 atom stereocenters. The van der Waals surface area contributed by atoms with Crippen molar-refractivity contribution < 1.29 is 9.53 Å². The molecule has 1 aromatic carbocycles. The SMILES string of the molecule is CCCN1C(=O)C2(CCCCC2)Oc2ccc(N)cc21. The summed E-state index contributed by atoms with van der Waals surface area (Å²) in [4.78, 5) is 14.8. The summed E-state index contributed by atoms with van der Waals surface area (Å²) >= 11 is 0. The summed E-state index contributed by atoms with van der Waals surface area (Å²) in [5.41, 5.74) is 6.73. The van der Waals surface area contributed by atoms with Gasteiger partial charge in [0.25, 0.3) is 5.91 Å². The Hall–Kier alpha value is -1.71. The first-order valence-corrected chi connectivity index (χ1v) is 7.57. The van der Waals surface area contributed by atoms with Crippen molar-refractivity contribution in [1.29, 1.82) is 0 Å². The minimum absolute atomic E-state index is 0.122. The predicted molar refractivity (Wildman–Crippen MR) is 79.9 cm³/mol. The van der Waals surface area contributed by atoms with Crippen LogP contribution in [0.2, 0.25) is 0 Å². The number of carbonyl (C=O) groups excluding carboxylic acids is 1. The fourth-order valence-electron chi connectivity index (χ4n) is 3.33. The van der Waals surface area contributed by atoms with Gasteiger partial charge in [-0.05, 0) is 50.3 Å². The van der Waals surface area contributed by atoms with Gasteiger partial charge in [-0.2, -0.15) is 0 Å². The molecule has 1 saturated carbocycles. The predicted octanol–water partition coefficient (Wildman–Crippen LogP) is 3.11. The van der Waals surface area contributed by atoms with Crippen LogP contribution >= 0.6 is 0 Å². The molecule has 0 unspecified atom stereocenters. The highest BCUT2D eigenvalue weighted by Gasteiger charge is 2.48. The van der Waals surface area contributed by atoms with E-state index >= 15 is 0 Å². The van der Waals surface area contributed by atoms with Crippen LogP contribution in [-0.4, -0.2) is 18.1 Å². The first-order valence-electron chi connectivity index (χ1n) is 7.57. The molecule has 0 bridgehead atoms. The first kappa shape index (κ1) is 13.3. The normalized spacial score (nSPS) is 20.6. The maximum absolute atomic E-state index is 12.9. The molecule has 0 radical (unpaired) electrons. The van der Waals surface area contributed by atoms with Gasteiger partial charge in [-0.25, -0.2) is 0 Å². The topological polar surface area (TPSA) is 55.6 Å². The van der Waals surface area contributed by atoms with Gasteiger partial charge < -0.3 is 15.4 Å². The third kappa shape index (κ3) is 2.03. The van der Waals surface area contributed by atoms with E-state index in [0.29, 0.717) is 5.69 Å². The molecule has 1 aliphatic carbocycles. The van der Waals surface area contributed by atoms with Crippen molar-refractivity contribution in [2.75, 3.05) is 17.2 Å². The summed E-state index contributed by atoms with van der Waals surface area (Å²) in [7, 11) is 0. The number of hydrogen-bond acceptors (Lipinski definition) is 3. The second-order valence-electron chi connectivity index (χ2n) is 5.84. The lowest BCUT2D eigenvalue weighted by Gasteiger charge is -2.44. The fraction of sp³-hybridized carbons (Fsp3) is 0.562. The molecule has 1 amide bonds. The van der Waals surface area contributed by atoms with Gasteiger partial charge in [0.1, 0.15) is 5.75 Å². The third-order valence-corrected chi connectivity index (χ3v) is 4.32. The van der Waals surface area contributed by atoms with Crippen molar-refractivity contribution in [3.8, 4) is 5.75 Å². The van der Waals surface area contributed by atoms with Crippen molar-refractivity contribution in [1.82, 2.24) is 0 Å². The van der Waals surface area contributed by atoms with Gasteiger partial charge in [0.05, 0.1) is 5.69 Å². The lowest BCUT2D eigenvalue weighted by atomic mass is 9.82. The molecule has 2 aliphatic rings. The number of benzene rings is 1. The van der Waals surface area contributed by atoms with E-state index in [1.165, 1.54) is 6.42 Å².